The SMILES string of the molecule is CN1CCN(c2ccc(Cc3nc(N)nc(-c4cccc(N5CCc6cc(C7CC7)cc(F)c6C5=O)c4CO)n3)cc2)CC1. The number of carbonyl (C=O) groups excluding carboxylic acids is 1. The van der Waals surface area contributed by atoms with Crippen LogP contribution in [-0.4, -0.2) is 70.6 Å². The van der Waals surface area contributed by atoms with E-state index in [9.17, 15) is 9.90 Å². The van der Waals surface area contributed by atoms with Crippen LogP contribution in [-0.2, 0) is 19.4 Å². The Bertz CT molecular complexity index is 1720. The lowest BCUT2D eigenvalue weighted by molar-refractivity contribution is 0.0976. The molecule has 2 aliphatic heterocycles. The number of piperazine rings is 1. The third kappa shape index (κ3) is 5.51. The summed E-state index contributed by atoms with van der Waals surface area (Å²) in [5, 5.41) is 10.5. The molecule has 0 radical (unpaired) electrons. The number of aromatic nitrogens is 3. The third-order valence-corrected chi connectivity index (χ3v) is 9.01. The van der Waals surface area contributed by atoms with Crippen molar-refractivity contribution in [3.63, 3.8) is 0 Å². The maximum atomic E-state index is 15.2. The summed E-state index contributed by atoms with van der Waals surface area (Å²) in [7, 11) is 2.14. The lowest BCUT2D eigenvalue weighted by atomic mass is 9.93. The Kier molecular flexibility index (Phi) is 7.47. The van der Waals surface area contributed by atoms with E-state index in [-0.39, 0.29) is 18.1 Å². The number of rotatable bonds is 7. The number of anilines is 3. The molecular formula is C34H36FN7O2. The van der Waals surface area contributed by atoms with E-state index in [4.69, 9.17) is 10.7 Å². The summed E-state index contributed by atoms with van der Waals surface area (Å²) in [6, 6.07) is 17.3. The first kappa shape index (κ1) is 28.4. The Morgan fingerprint density at radius 2 is 1.75 bits per heavy atom. The van der Waals surface area contributed by atoms with Gasteiger partial charge in [-0.1, -0.05) is 30.3 Å². The standard InChI is InChI=1S/C34H36FN7O2/c1-40-13-15-41(16-14-40)25-9-5-21(6-10-25)17-30-37-32(39-34(36)38-30)26-3-2-4-29(27(26)20-43)42-12-11-23-18-24(22-7-8-22)19-28(35)31(23)33(42)44/h2-6,9-10,18-19,22,43H,7-8,11-17,20H2,1H3,(H2,36,37,38,39). The van der Waals surface area contributed by atoms with Crippen molar-refractivity contribution in [1.82, 2.24) is 19.9 Å². The summed E-state index contributed by atoms with van der Waals surface area (Å²) in [5.41, 5.74) is 11.8. The number of nitrogens with two attached hydrogens (primary N) is 1. The van der Waals surface area contributed by atoms with Gasteiger partial charge in [0.25, 0.3) is 5.91 Å². The van der Waals surface area contributed by atoms with E-state index in [0.29, 0.717) is 53.8 Å². The van der Waals surface area contributed by atoms with Gasteiger partial charge < -0.3 is 25.5 Å². The molecule has 4 aromatic rings. The molecular weight excluding hydrogens is 557 g/mol. The van der Waals surface area contributed by atoms with Gasteiger partial charge in [-0.15, -0.1) is 0 Å². The molecule has 9 nitrogen and oxygen atoms in total. The minimum Gasteiger partial charge on any atom is -0.392 e. The van der Waals surface area contributed by atoms with Crippen molar-refractivity contribution in [2.45, 2.75) is 38.2 Å². The molecule has 0 bridgehead atoms. The molecule has 0 spiro atoms. The average Bonchev–Trinajstić information content (AvgIpc) is 3.87. The highest BCUT2D eigenvalue weighted by molar-refractivity contribution is 6.09. The number of benzene rings is 3. The second kappa shape index (κ2) is 11.6. The fourth-order valence-corrected chi connectivity index (χ4v) is 6.39. The number of carbonyl (C=O) groups is 1. The van der Waals surface area contributed by atoms with E-state index in [0.717, 1.165) is 55.7 Å². The molecule has 0 unspecified atom stereocenters. The molecule has 226 valence electrons. The minimum absolute atomic E-state index is 0.0739. The number of hydrogen-bond donors (Lipinski definition) is 2. The Hall–Kier alpha value is -4.41. The number of hydrogen-bond acceptors (Lipinski definition) is 8. The molecule has 1 aromatic heterocycles. The van der Waals surface area contributed by atoms with Crippen molar-refractivity contribution in [3.05, 3.63) is 94.1 Å². The first-order valence-corrected chi connectivity index (χ1v) is 15.3. The zero-order chi connectivity index (χ0) is 30.4. The second-order valence-electron chi connectivity index (χ2n) is 12.0. The van der Waals surface area contributed by atoms with Crippen LogP contribution in [0, 0.1) is 5.82 Å². The van der Waals surface area contributed by atoms with Crippen LogP contribution in [0.25, 0.3) is 11.4 Å². The number of amides is 1. The third-order valence-electron chi connectivity index (χ3n) is 9.01. The zero-order valence-electron chi connectivity index (χ0n) is 24.8. The van der Waals surface area contributed by atoms with Crippen LogP contribution in [0.5, 0.6) is 0 Å². The fourth-order valence-electron chi connectivity index (χ4n) is 6.39. The average molecular weight is 594 g/mol. The van der Waals surface area contributed by atoms with Crippen molar-refractivity contribution >= 4 is 23.2 Å². The molecule has 2 fully saturated rings. The van der Waals surface area contributed by atoms with Crippen LogP contribution < -0.4 is 15.5 Å². The molecule has 0 atom stereocenters. The number of aliphatic hydroxyl groups is 1. The van der Waals surface area contributed by atoms with Crippen molar-refractivity contribution in [3.8, 4) is 11.4 Å². The van der Waals surface area contributed by atoms with Crippen LogP contribution >= 0.6 is 0 Å². The highest BCUT2D eigenvalue weighted by Crippen LogP contribution is 2.42. The quantitative estimate of drug-likeness (QED) is 0.329. The Morgan fingerprint density at radius 1 is 0.977 bits per heavy atom. The first-order valence-electron chi connectivity index (χ1n) is 15.3. The van der Waals surface area contributed by atoms with E-state index < -0.39 is 11.7 Å². The molecule has 7 rings (SSSR count). The van der Waals surface area contributed by atoms with E-state index in [1.54, 1.807) is 23.1 Å². The van der Waals surface area contributed by atoms with E-state index in [1.807, 2.05) is 6.07 Å². The highest BCUT2D eigenvalue weighted by atomic mass is 19.1. The molecule has 10 heteroatoms. The lowest BCUT2D eigenvalue weighted by Crippen LogP contribution is -2.44. The van der Waals surface area contributed by atoms with Crippen molar-refractivity contribution in [2.24, 2.45) is 0 Å². The summed E-state index contributed by atoms with van der Waals surface area (Å²) in [5.74, 6) is 0.411. The first-order chi connectivity index (χ1) is 21.4. The number of halogens is 1. The van der Waals surface area contributed by atoms with Crippen molar-refractivity contribution in [1.29, 1.82) is 0 Å². The van der Waals surface area contributed by atoms with Crippen LogP contribution in [0.4, 0.5) is 21.7 Å². The predicted octanol–water partition coefficient (Wildman–Crippen LogP) is 4.18. The monoisotopic (exact) mass is 593 g/mol. The Labute approximate surface area is 256 Å². The number of likely N-dealkylation sites (N-methyl/N-ethyl adjacent to an activating group) is 1. The van der Waals surface area contributed by atoms with Gasteiger partial charge in [0.2, 0.25) is 5.95 Å². The molecule has 3 heterocycles. The lowest BCUT2D eigenvalue weighted by Gasteiger charge is -2.34. The summed E-state index contributed by atoms with van der Waals surface area (Å²) >= 11 is 0. The van der Waals surface area contributed by atoms with Crippen LogP contribution in [0.2, 0.25) is 0 Å². The molecule has 1 saturated carbocycles. The Balaban J connectivity index is 1.15. The van der Waals surface area contributed by atoms with Gasteiger partial charge in [0.1, 0.15) is 11.6 Å². The number of nitrogen functional groups attached to an aromatic ring is 1. The summed E-state index contributed by atoms with van der Waals surface area (Å²) in [6.45, 7) is 4.11. The highest BCUT2D eigenvalue weighted by Gasteiger charge is 2.33. The normalized spacial score (nSPS) is 17.2. The maximum Gasteiger partial charge on any atom is 0.261 e. The number of nitrogens with zero attached hydrogens (tertiary/aromatic N) is 6. The molecule has 3 aromatic carbocycles. The van der Waals surface area contributed by atoms with Crippen LogP contribution in [0.1, 0.15) is 57.2 Å². The number of fused-ring (bicyclic) bond motifs is 1. The topological polar surface area (TPSA) is 112 Å². The molecule has 1 saturated heterocycles. The molecule has 1 amide bonds. The molecule has 3 aliphatic rings. The summed E-state index contributed by atoms with van der Waals surface area (Å²) in [6.07, 6.45) is 3.12. The maximum absolute atomic E-state index is 15.2. The fraction of sp³-hybridized carbons (Fsp3) is 0.353. The van der Waals surface area contributed by atoms with Gasteiger partial charge >= 0.3 is 0 Å². The van der Waals surface area contributed by atoms with Crippen molar-refractivity contribution in [2.75, 3.05) is 55.3 Å². The predicted molar refractivity (Wildman–Crippen MR) is 168 cm³/mol. The largest absolute Gasteiger partial charge is 0.392 e. The second-order valence-corrected chi connectivity index (χ2v) is 12.0. The van der Waals surface area contributed by atoms with E-state index >= 15 is 4.39 Å². The Morgan fingerprint density at radius 3 is 2.48 bits per heavy atom. The summed E-state index contributed by atoms with van der Waals surface area (Å²) < 4.78 is 15.2. The van der Waals surface area contributed by atoms with Crippen LogP contribution in [0.3, 0.4) is 0 Å². The zero-order valence-corrected chi connectivity index (χ0v) is 24.8. The number of aliphatic hydroxyl groups excluding tert-OH is 1. The van der Waals surface area contributed by atoms with E-state index in [2.05, 4.69) is 51.1 Å². The van der Waals surface area contributed by atoms with Gasteiger partial charge in [0, 0.05) is 56.0 Å². The van der Waals surface area contributed by atoms with E-state index in [1.165, 1.54) is 11.8 Å². The van der Waals surface area contributed by atoms with Gasteiger partial charge in [-0.25, -0.2) is 9.37 Å². The van der Waals surface area contributed by atoms with Crippen molar-refractivity contribution < 1.29 is 14.3 Å². The molecule has 1 aliphatic carbocycles. The smallest absolute Gasteiger partial charge is 0.261 e. The molecule has 44 heavy (non-hydrogen) atoms. The van der Waals surface area contributed by atoms with Gasteiger partial charge in [0.05, 0.1) is 17.9 Å². The van der Waals surface area contributed by atoms with Gasteiger partial charge in [0.15, 0.2) is 5.82 Å². The van der Waals surface area contributed by atoms with Gasteiger partial charge in [-0.3, -0.25) is 4.79 Å². The van der Waals surface area contributed by atoms with Gasteiger partial charge in [-0.2, -0.15) is 9.97 Å². The molecule has 3 N–H and O–H groups in total. The van der Waals surface area contributed by atoms with Crippen LogP contribution in [0.15, 0.2) is 54.6 Å². The minimum atomic E-state index is -0.479. The van der Waals surface area contributed by atoms with Gasteiger partial charge in [-0.05, 0) is 73.2 Å². The summed E-state index contributed by atoms with van der Waals surface area (Å²) in [4.78, 5) is 33.4.